The van der Waals surface area contributed by atoms with Gasteiger partial charge in [0.15, 0.2) is 0 Å². The molecule has 0 heterocycles. The molecule has 0 aromatic rings. The molecular weight excluding hydrogens is 731 g/mol. The molecule has 0 aliphatic carbocycles. The third-order valence-corrected chi connectivity index (χ3v) is 10.9. The SMILES string of the molecule is CC/C=C/C=C/C=C\C=C/C=C/CCCCCC(=O)OC(CCCCC/C=C\CCC)CC(=O)NC(CO)C(O)CCCCCCCCCCCCCCCCCCC. The molecule has 340 valence electrons. The van der Waals surface area contributed by atoms with Crippen LogP contribution in [0.5, 0.6) is 0 Å². The first-order valence-corrected chi connectivity index (χ1v) is 24.7. The number of hydrogen-bond acceptors (Lipinski definition) is 5. The van der Waals surface area contributed by atoms with Crippen molar-refractivity contribution >= 4 is 11.9 Å². The highest BCUT2D eigenvalue weighted by Crippen LogP contribution is 2.17. The number of carbonyl (C=O) groups is 2. The van der Waals surface area contributed by atoms with E-state index in [0.29, 0.717) is 19.3 Å². The van der Waals surface area contributed by atoms with Crippen LogP contribution in [-0.2, 0) is 14.3 Å². The van der Waals surface area contributed by atoms with Crippen LogP contribution in [0.3, 0.4) is 0 Å². The van der Waals surface area contributed by atoms with Crippen molar-refractivity contribution < 1.29 is 24.5 Å². The number of hydrogen-bond donors (Lipinski definition) is 3. The molecule has 0 saturated heterocycles. The maximum absolute atomic E-state index is 13.1. The Bertz CT molecular complexity index is 1110. The van der Waals surface area contributed by atoms with Gasteiger partial charge in [-0.2, -0.15) is 0 Å². The fourth-order valence-electron chi connectivity index (χ4n) is 7.16. The first-order chi connectivity index (χ1) is 29.0. The van der Waals surface area contributed by atoms with Crippen LogP contribution in [0.1, 0.15) is 226 Å². The zero-order valence-electron chi connectivity index (χ0n) is 38.6. The Kier molecular flexibility index (Phi) is 44.2. The van der Waals surface area contributed by atoms with Crippen molar-refractivity contribution in [3.05, 3.63) is 72.9 Å². The Hall–Kier alpha value is -2.70. The molecule has 0 fully saturated rings. The maximum Gasteiger partial charge on any atom is 0.306 e. The molecule has 0 aromatic heterocycles. The molecule has 0 rings (SSSR count). The van der Waals surface area contributed by atoms with Gasteiger partial charge in [-0.15, -0.1) is 0 Å². The summed E-state index contributed by atoms with van der Waals surface area (Å²) in [6.07, 6.45) is 58.3. The van der Waals surface area contributed by atoms with E-state index >= 15 is 0 Å². The summed E-state index contributed by atoms with van der Waals surface area (Å²) in [5, 5.41) is 23.7. The fourth-order valence-corrected chi connectivity index (χ4v) is 7.16. The molecule has 0 spiro atoms. The number of amides is 1. The molecule has 3 atom stereocenters. The number of nitrogens with one attached hydrogen (secondary N) is 1. The lowest BCUT2D eigenvalue weighted by atomic mass is 10.0. The van der Waals surface area contributed by atoms with Gasteiger partial charge in [0.25, 0.3) is 0 Å². The van der Waals surface area contributed by atoms with Crippen LogP contribution < -0.4 is 5.32 Å². The summed E-state index contributed by atoms with van der Waals surface area (Å²) in [5.74, 6) is -0.546. The van der Waals surface area contributed by atoms with Gasteiger partial charge in [-0.1, -0.05) is 222 Å². The smallest absolute Gasteiger partial charge is 0.306 e. The summed E-state index contributed by atoms with van der Waals surface area (Å²) < 4.78 is 5.87. The zero-order valence-corrected chi connectivity index (χ0v) is 38.6. The van der Waals surface area contributed by atoms with E-state index < -0.39 is 18.2 Å². The third kappa shape index (κ3) is 41.8. The minimum Gasteiger partial charge on any atom is -0.462 e. The second kappa shape index (κ2) is 46.4. The van der Waals surface area contributed by atoms with Crippen LogP contribution in [0.2, 0.25) is 0 Å². The van der Waals surface area contributed by atoms with Gasteiger partial charge in [0, 0.05) is 6.42 Å². The Morgan fingerprint density at radius 1 is 0.508 bits per heavy atom. The van der Waals surface area contributed by atoms with Crippen molar-refractivity contribution in [1.82, 2.24) is 5.32 Å². The largest absolute Gasteiger partial charge is 0.462 e. The van der Waals surface area contributed by atoms with Gasteiger partial charge >= 0.3 is 5.97 Å². The Morgan fingerprint density at radius 2 is 0.966 bits per heavy atom. The van der Waals surface area contributed by atoms with Gasteiger partial charge in [0.05, 0.1) is 25.2 Å². The highest BCUT2D eigenvalue weighted by atomic mass is 16.5. The van der Waals surface area contributed by atoms with E-state index in [1.54, 1.807) is 0 Å². The lowest BCUT2D eigenvalue weighted by Gasteiger charge is -2.24. The van der Waals surface area contributed by atoms with Gasteiger partial charge < -0.3 is 20.3 Å². The van der Waals surface area contributed by atoms with Crippen LogP contribution in [-0.4, -0.2) is 46.9 Å². The number of rotatable bonds is 43. The van der Waals surface area contributed by atoms with Gasteiger partial charge in [-0.25, -0.2) is 0 Å². The van der Waals surface area contributed by atoms with E-state index in [-0.39, 0.29) is 24.9 Å². The van der Waals surface area contributed by atoms with Gasteiger partial charge in [0.1, 0.15) is 6.10 Å². The third-order valence-electron chi connectivity index (χ3n) is 10.9. The van der Waals surface area contributed by atoms with Crippen LogP contribution in [0.15, 0.2) is 72.9 Å². The van der Waals surface area contributed by atoms with Crippen LogP contribution in [0.25, 0.3) is 0 Å². The molecule has 3 unspecified atom stereocenters. The molecule has 6 nitrogen and oxygen atoms in total. The van der Waals surface area contributed by atoms with Gasteiger partial charge in [0.2, 0.25) is 5.91 Å². The molecule has 0 aliphatic heterocycles. The lowest BCUT2D eigenvalue weighted by Crippen LogP contribution is -2.46. The number of ether oxygens (including phenoxy) is 1. The predicted molar refractivity (Wildman–Crippen MR) is 255 cm³/mol. The molecule has 0 radical (unpaired) electrons. The van der Waals surface area contributed by atoms with Crippen LogP contribution in [0, 0.1) is 0 Å². The summed E-state index contributed by atoms with van der Waals surface area (Å²) in [5.41, 5.74) is 0. The second-order valence-corrected chi connectivity index (χ2v) is 16.6. The van der Waals surface area contributed by atoms with Crippen LogP contribution >= 0.6 is 0 Å². The highest BCUT2D eigenvalue weighted by molar-refractivity contribution is 5.77. The molecule has 3 N–H and O–H groups in total. The second-order valence-electron chi connectivity index (χ2n) is 16.6. The summed E-state index contributed by atoms with van der Waals surface area (Å²) in [7, 11) is 0. The van der Waals surface area contributed by atoms with E-state index in [1.807, 2.05) is 42.5 Å². The first-order valence-electron chi connectivity index (χ1n) is 24.7. The molecule has 0 saturated carbocycles. The predicted octanol–water partition coefficient (Wildman–Crippen LogP) is 14.6. The maximum atomic E-state index is 13.1. The number of allylic oxidation sites excluding steroid dienone is 12. The van der Waals surface area contributed by atoms with Crippen molar-refractivity contribution in [2.24, 2.45) is 0 Å². The van der Waals surface area contributed by atoms with E-state index in [2.05, 4.69) is 56.5 Å². The molecule has 0 aliphatic rings. The van der Waals surface area contributed by atoms with Crippen molar-refractivity contribution in [2.45, 2.75) is 244 Å². The number of carbonyl (C=O) groups excluding carboxylic acids is 2. The minimum absolute atomic E-state index is 0.0458. The standard InChI is InChI=1S/C53H93NO5/c1-4-7-10-13-16-19-21-23-25-26-28-29-31-33-36-39-42-45-51(56)50(48-55)54-52(57)47-49(44-41-38-35-18-15-12-9-6-3)59-53(58)46-43-40-37-34-32-30-27-24-22-20-17-14-11-8-5-2/h8,11-12,14-15,17,20,22,24,27,30,32,49-51,55-56H,4-7,9-10,13,16,18-19,21,23,25-26,28-29,31,33-48H2,1-3H3,(H,54,57)/b11-8+,15-12-,17-14+,22-20-,27-24-,32-30+. The Balaban J connectivity index is 4.48. The Labute approximate surface area is 364 Å². The van der Waals surface area contributed by atoms with E-state index in [1.165, 1.54) is 89.9 Å². The minimum atomic E-state index is -0.801. The monoisotopic (exact) mass is 824 g/mol. The number of aliphatic hydroxyl groups excluding tert-OH is 2. The molecule has 6 heteroatoms. The fraction of sp³-hybridized carbons (Fsp3) is 0.736. The zero-order chi connectivity index (χ0) is 43.1. The van der Waals surface area contributed by atoms with E-state index in [0.717, 1.165) is 89.9 Å². The number of aliphatic hydroxyl groups is 2. The topological polar surface area (TPSA) is 95.9 Å². The number of unbranched alkanes of at least 4 members (excludes halogenated alkanes) is 23. The first kappa shape index (κ1) is 56.3. The van der Waals surface area contributed by atoms with Crippen molar-refractivity contribution in [2.75, 3.05) is 6.61 Å². The molecule has 0 aromatic carbocycles. The summed E-state index contributed by atoms with van der Waals surface area (Å²) >= 11 is 0. The normalized spacial score (nSPS) is 13.9. The average molecular weight is 824 g/mol. The summed E-state index contributed by atoms with van der Waals surface area (Å²) in [6, 6.07) is -0.717. The highest BCUT2D eigenvalue weighted by Gasteiger charge is 2.24. The lowest BCUT2D eigenvalue weighted by molar-refractivity contribution is -0.151. The van der Waals surface area contributed by atoms with Crippen molar-refractivity contribution in [3.8, 4) is 0 Å². The average Bonchev–Trinajstić information content (AvgIpc) is 3.23. The van der Waals surface area contributed by atoms with Crippen LogP contribution in [0.4, 0.5) is 0 Å². The van der Waals surface area contributed by atoms with Crippen molar-refractivity contribution in [3.63, 3.8) is 0 Å². The van der Waals surface area contributed by atoms with Crippen molar-refractivity contribution in [1.29, 1.82) is 0 Å². The summed E-state index contributed by atoms with van der Waals surface area (Å²) in [6.45, 7) is 6.25. The molecule has 59 heavy (non-hydrogen) atoms. The number of esters is 1. The molecule has 1 amide bonds. The quantitative estimate of drug-likeness (QED) is 0.0246. The van der Waals surface area contributed by atoms with Gasteiger partial charge in [-0.3, -0.25) is 9.59 Å². The molecular formula is C53H93NO5. The summed E-state index contributed by atoms with van der Waals surface area (Å²) in [4.78, 5) is 26.0. The molecule has 0 bridgehead atoms. The van der Waals surface area contributed by atoms with E-state index in [9.17, 15) is 19.8 Å². The van der Waals surface area contributed by atoms with Gasteiger partial charge in [-0.05, 0) is 64.2 Å². The Morgan fingerprint density at radius 3 is 1.51 bits per heavy atom. The van der Waals surface area contributed by atoms with E-state index in [4.69, 9.17) is 4.74 Å².